The lowest BCUT2D eigenvalue weighted by molar-refractivity contribution is 0.0843. The van der Waals surface area contributed by atoms with Crippen LogP contribution in [0.3, 0.4) is 0 Å². The van der Waals surface area contributed by atoms with E-state index in [1.807, 2.05) is 9.80 Å². The Hall–Kier alpha value is -2.05. The number of carbonyl (C=O) groups excluding carboxylic acids is 2. The highest BCUT2D eigenvalue weighted by molar-refractivity contribution is 5.92. The first-order chi connectivity index (χ1) is 13.0. The van der Waals surface area contributed by atoms with E-state index in [0.29, 0.717) is 24.1 Å². The Kier molecular flexibility index (Phi) is 5.10. The molecule has 1 N–H and O–H groups in total. The van der Waals surface area contributed by atoms with Gasteiger partial charge in [-0.25, -0.2) is 4.79 Å². The van der Waals surface area contributed by atoms with Crippen molar-refractivity contribution >= 4 is 11.9 Å². The number of carbonyl (C=O) groups is 2. The molecule has 0 aromatic carbocycles. The first-order valence-electron chi connectivity index (χ1n) is 10.3. The lowest BCUT2D eigenvalue weighted by Gasteiger charge is -2.42. The molecule has 3 amide bonds. The number of hydrogen-bond donors (Lipinski definition) is 1. The van der Waals surface area contributed by atoms with E-state index in [9.17, 15) is 9.59 Å². The van der Waals surface area contributed by atoms with E-state index in [0.717, 1.165) is 57.4 Å². The number of aromatic nitrogens is 1. The van der Waals surface area contributed by atoms with Gasteiger partial charge in [0.25, 0.3) is 5.91 Å². The Morgan fingerprint density at radius 2 is 1.85 bits per heavy atom. The van der Waals surface area contributed by atoms with Crippen LogP contribution in [0, 0.1) is 5.92 Å². The summed E-state index contributed by atoms with van der Waals surface area (Å²) in [5.74, 6) is 1.81. The zero-order chi connectivity index (χ0) is 19.0. The molecule has 3 aliphatic rings. The summed E-state index contributed by atoms with van der Waals surface area (Å²) in [4.78, 5) is 29.2. The molecule has 2 saturated heterocycles. The molecule has 0 radical (unpaired) electrons. The monoisotopic (exact) mass is 374 g/mol. The molecule has 1 aromatic heterocycles. The number of urea groups is 1. The van der Waals surface area contributed by atoms with Gasteiger partial charge >= 0.3 is 6.03 Å². The van der Waals surface area contributed by atoms with Crippen LogP contribution < -0.4 is 5.32 Å². The summed E-state index contributed by atoms with van der Waals surface area (Å²) in [6.45, 7) is 6.73. The summed E-state index contributed by atoms with van der Waals surface area (Å²) in [6, 6.07) is 2.12. The summed E-state index contributed by atoms with van der Waals surface area (Å²) in [6.07, 6.45) is 5.97. The second kappa shape index (κ2) is 7.52. The van der Waals surface area contributed by atoms with Crippen molar-refractivity contribution in [3.05, 3.63) is 17.5 Å². The lowest BCUT2D eigenvalue weighted by Crippen LogP contribution is -2.55. The molecule has 148 valence electrons. The van der Waals surface area contributed by atoms with Gasteiger partial charge in [-0.1, -0.05) is 12.1 Å². The van der Waals surface area contributed by atoms with Crippen molar-refractivity contribution in [3.63, 3.8) is 0 Å². The van der Waals surface area contributed by atoms with Crippen LogP contribution in [0.2, 0.25) is 0 Å². The highest BCUT2D eigenvalue weighted by Crippen LogP contribution is 2.40. The molecule has 1 unspecified atom stereocenters. The zero-order valence-corrected chi connectivity index (χ0v) is 16.3. The van der Waals surface area contributed by atoms with Crippen LogP contribution in [-0.4, -0.2) is 58.6 Å². The van der Waals surface area contributed by atoms with Crippen molar-refractivity contribution in [2.45, 2.75) is 70.4 Å². The number of amides is 3. The first-order valence-corrected chi connectivity index (χ1v) is 10.3. The molecule has 3 fully saturated rings. The number of rotatable bonds is 3. The maximum atomic E-state index is 12.8. The second-order valence-corrected chi connectivity index (χ2v) is 8.58. The maximum Gasteiger partial charge on any atom is 0.320 e. The maximum absolute atomic E-state index is 12.8. The molecule has 7 heteroatoms. The van der Waals surface area contributed by atoms with E-state index in [-0.39, 0.29) is 24.0 Å². The van der Waals surface area contributed by atoms with Gasteiger partial charge in [0, 0.05) is 43.7 Å². The molecule has 2 atom stereocenters. The number of piperidine rings is 2. The Balaban J connectivity index is 1.28. The van der Waals surface area contributed by atoms with E-state index in [4.69, 9.17) is 4.52 Å². The molecular weight excluding hydrogens is 344 g/mol. The molecule has 2 aliphatic heterocycles. The number of likely N-dealkylation sites (tertiary alicyclic amines) is 2. The quantitative estimate of drug-likeness (QED) is 0.882. The van der Waals surface area contributed by atoms with E-state index in [2.05, 4.69) is 24.3 Å². The molecule has 3 heterocycles. The van der Waals surface area contributed by atoms with Gasteiger partial charge in [0.1, 0.15) is 5.76 Å². The lowest BCUT2D eigenvalue weighted by atomic mass is 9.97. The van der Waals surface area contributed by atoms with Gasteiger partial charge in [-0.15, -0.1) is 0 Å². The minimum absolute atomic E-state index is 0.0685. The molecular formula is C20H30N4O3. The smallest absolute Gasteiger partial charge is 0.320 e. The topological polar surface area (TPSA) is 78.7 Å². The normalized spacial score (nSPS) is 26.9. The molecule has 27 heavy (non-hydrogen) atoms. The summed E-state index contributed by atoms with van der Waals surface area (Å²) in [7, 11) is 0. The fourth-order valence-electron chi connectivity index (χ4n) is 4.18. The van der Waals surface area contributed by atoms with Gasteiger partial charge in [0.2, 0.25) is 0 Å². The van der Waals surface area contributed by atoms with Crippen molar-refractivity contribution in [1.29, 1.82) is 0 Å². The van der Waals surface area contributed by atoms with Gasteiger partial charge in [-0.05, 0) is 51.4 Å². The zero-order valence-electron chi connectivity index (χ0n) is 16.3. The van der Waals surface area contributed by atoms with E-state index in [1.165, 1.54) is 0 Å². The third kappa shape index (κ3) is 4.12. The summed E-state index contributed by atoms with van der Waals surface area (Å²) in [5, 5.41) is 6.98. The number of hydrogen-bond acceptors (Lipinski definition) is 4. The van der Waals surface area contributed by atoms with Crippen molar-refractivity contribution in [2.24, 2.45) is 5.92 Å². The minimum atomic E-state index is -0.173. The van der Waals surface area contributed by atoms with Crippen LogP contribution in [0.25, 0.3) is 0 Å². The SMILES string of the molecule is CC1CCN(C(=O)N2CCC(NC(=O)c3cc(C4CC4)on3)C[C@H]2C)CC1. The van der Waals surface area contributed by atoms with Crippen LogP contribution in [-0.2, 0) is 0 Å². The Labute approximate surface area is 160 Å². The van der Waals surface area contributed by atoms with Crippen molar-refractivity contribution in [1.82, 2.24) is 20.3 Å². The highest BCUT2D eigenvalue weighted by atomic mass is 16.5. The van der Waals surface area contributed by atoms with Crippen LogP contribution in [0.1, 0.15) is 74.5 Å². The van der Waals surface area contributed by atoms with Crippen molar-refractivity contribution in [3.8, 4) is 0 Å². The van der Waals surface area contributed by atoms with E-state index < -0.39 is 0 Å². The average Bonchev–Trinajstić information content (AvgIpc) is 3.38. The predicted molar refractivity (Wildman–Crippen MR) is 101 cm³/mol. The van der Waals surface area contributed by atoms with Gasteiger partial charge in [-0.2, -0.15) is 0 Å². The van der Waals surface area contributed by atoms with Gasteiger partial charge < -0.3 is 19.6 Å². The van der Waals surface area contributed by atoms with Crippen molar-refractivity contribution < 1.29 is 14.1 Å². The standard InChI is InChI=1S/C20H30N4O3/c1-13-5-8-23(9-6-13)20(26)24-10-7-16(11-14(24)2)21-19(25)17-12-18(27-22-17)15-3-4-15/h12-16H,3-11H2,1-2H3,(H,21,25)/t14-,16?/m1/s1. The average molecular weight is 374 g/mol. The molecule has 4 rings (SSSR count). The number of nitrogens with zero attached hydrogens (tertiary/aromatic N) is 3. The molecule has 1 aliphatic carbocycles. The Bertz CT molecular complexity index is 691. The van der Waals surface area contributed by atoms with E-state index in [1.54, 1.807) is 6.07 Å². The van der Waals surface area contributed by atoms with Crippen LogP contribution in [0.4, 0.5) is 4.79 Å². The van der Waals surface area contributed by atoms with Crippen LogP contribution in [0.15, 0.2) is 10.6 Å². The fourth-order valence-corrected chi connectivity index (χ4v) is 4.18. The molecule has 7 nitrogen and oxygen atoms in total. The Morgan fingerprint density at radius 1 is 1.11 bits per heavy atom. The van der Waals surface area contributed by atoms with Crippen LogP contribution in [0.5, 0.6) is 0 Å². The van der Waals surface area contributed by atoms with Gasteiger partial charge in [0.15, 0.2) is 5.69 Å². The van der Waals surface area contributed by atoms with Crippen molar-refractivity contribution in [2.75, 3.05) is 19.6 Å². The van der Waals surface area contributed by atoms with Gasteiger partial charge in [0.05, 0.1) is 0 Å². The number of nitrogens with one attached hydrogen (secondary N) is 1. The largest absolute Gasteiger partial charge is 0.360 e. The summed E-state index contributed by atoms with van der Waals surface area (Å²) < 4.78 is 5.27. The molecule has 0 bridgehead atoms. The highest BCUT2D eigenvalue weighted by Gasteiger charge is 2.34. The third-order valence-corrected chi connectivity index (χ3v) is 6.25. The molecule has 0 spiro atoms. The predicted octanol–water partition coefficient (Wildman–Crippen LogP) is 2.99. The fraction of sp³-hybridized carbons (Fsp3) is 0.750. The second-order valence-electron chi connectivity index (χ2n) is 8.58. The molecule has 1 saturated carbocycles. The molecule has 1 aromatic rings. The van der Waals surface area contributed by atoms with E-state index >= 15 is 0 Å². The van der Waals surface area contributed by atoms with Crippen LogP contribution >= 0.6 is 0 Å². The first kappa shape index (κ1) is 18.3. The summed E-state index contributed by atoms with van der Waals surface area (Å²) >= 11 is 0. The van der Waals surface area contributed by atoms with Gasteiger partial charge in [-0.3, -0.25) is 4.79 Å². The minimum Gasteiger partial charge on any atom is -0.360 e. The Morgan fingerprint density at radius 3 is 2.52 bits per heavy atom. The third-order valence-electron chi connectivity index (χ3n) is 6.25. The summed E-state index contributed by atoms with van der Waals surface area (Å²) in [5.41, 5.74) is 0.366.